The number of hydrogen-bond donors (Lipinski definition) is 0. The Bertz CT molecular complexity index is 1370. The third-order valence-corrected chi connectivity index (χ3v) is 7.42. The smallest absolute Gasteiger partial charge is 0.334 e. The first-order valence-electron chi connectivity index (χ1n) is 11.6. The number of hydrogen-bond acceptors (Lipinski definition) is 7. The van der Waals surface area contributed by atoms with Gasteiger partial charge in [-0.15, -0.1) is 0 Å². The number of carbonyl (C=O) groups excluding carboxylic acids is 2. The molecule has 10 nitrogen and oxygen atoms in total. The fraction of sp³-hybridized carbons (Fsp3) is 0.320. The molecule has 2 saturated heterocycles. The van der Waals surface area contributed by atoms with Crippen LogP contribution in [0.15, 0.2) is 59.1 Å². The van der Waals surface area contributed by atoms with Crippen LogP contribution in [0.25, 0.3) is 0 Å². The van der Waals surface area contributed by atoms with Crippen LogP contribution in [-0.4, -0.2) is 45.0 Å². The molecule has 0 bridgehead atoms. The summed E-state index contributed by atoms with van der Waals surface area (Å²) < 4.78 is 5.68. The fourth-order valence-electron chi connectivity index (χ4n) is 6.19. The van der Waals surface area contributed by atoms with Gasteiger partial charge >= 0.3 is 5.69 Å². The van der Waals surface area contributed by atoms with E-state index in [1.807, 2.05) is 66.5 Å². The zero-order valence-electron chi connectivity index (χ0n) is 19.2. The van der Waals surface area contributed by atoms with Crippen molar-refractivity contribution in [1.82, 2.24) is 15.2 Å². The number of para-hydroxylation sites is 1. The van der Waals surface area contributed by atoms with Gasteiger partial charge in [-0.05, 0) is 25.5 Å². The van der Waals surface area contributed by atoms with E-state index in [0.717, 1.165) is 5.56 Å². The maximum Gasteiger partial charge on any atom is 0.334 e. The average molecular weight is 473 g/mol. The number of hydrazine groups is 1. The van der Waals surface area contributed by atoms with Gasteiger partial charge in [0.1, 0.15) is 0 Å². The first kappa shape index (κ1) is 21.5. The molecule has 0 N–H and O–H groups in total. The molecule has 3 aliphatic heterocycles. The predicted octanol–water partition coefficient (Wildman–Crippen LogP) is 3.44. The van der Waals surface area contributed by atoms with Crippen LogP contribution < -0.4 is 4.90 Å². The zero-order chi connectivity index (χ0) is 24.5. The Kier molecular flexibility index (Phi) is 4.59. The molecule has 0 aliphatic carbocycles. The van der Waals surface area contributed by atoms with Gasteiger partial charge in [0.25, 0.3) is 5.91 Å². The molecule has 2 aromatic carbocycles. The van der Waals surface area contributed by atoms with Crippen molar-refractivity contribution in [2.75, 3.05) is 18.0 Å². The molecule has 3 atom stereocenters. The molecule has 2 fully saturated rings. The van der Waals surface area contributed by atoms with Crippen molar-refractivity contribution in [1.29, 1.82) is 0 Å². The molecule has 1 aromatic heterocycles. The number of likely N-dealkylation sites (N-methyl/N-ethyl adjacent to an activating group) is 1. The number of amides is 2. The molecule has 3 aromatic rings. The Balaban J connectivity index is 1.73. The average Bonchev–Trinajstić information content (AvgIpc) is 3.57. The van der Waals surface area contributed by atoms with Crippen molar-refractivity contribution < 1.29 is 19.0 Å². The summed E-state index contributed by atoms with van der Waals surface area (Å²) in [7, 11) is 0. The number of anilines is 1. The van der Waals surface area contributed by atoms with E-state index >= 15 is 0 Å². The Hall–Kier alpha value is -4.05. The number of aryl methyl sites for hydroxylation is 1. The molecule has 6 rings (SSSR count). The Labute approximate surface area is 200 Å². The number of benzene rings is 2. The Morgan fingerprint density at radius 3 is 2.57 bits per heavy atom. The lowest BCUT2D eigenvalue weighted by Crippen LogP contribution is -2.54. The van der Waals surface area contributed by atoms with E-state index in [4.69, 9.17) is 4.52 Å². The van der Waals surface area contributed by atoms with Crippen LogP contribution in [0, 0.1) is 17.0 Å². The number of rotatable bonds is 4. The van der Waals surface area contributed by atoms with Crippen LogP contribution in [0.1, 0.15) is 47.9 Å². The number of carbonyl (C=O) groups is 2. The third-order valence-electron chi connectivity index (χ3n) is 7.42. The summed E-state index contributed by atoms with van der Waals surface area (Å²) in [4.78, 5) is 41.2. The summed E-state index contributed by atoms with van der Waals surface area (Å²) in [5.74, 6) is -1.38. The Morgan fingerprint density at radius 2 is 1.86 bits per heavy atom. The molecule has 10 heteroatoms. The quantitative estimate of drug-likeness (QED) is 0.421. The SMILES string of the molecule is CCN1C(=O)C2(c3ccccc31)C(c1onc(C)c1[N+](=O)[O-])C(c1ccccc1)N1CCC(=O)N12. The molecule has 3 aliphatic rings. The van der Waals surface area contributed by atoms with Crippen LogP contribution in [-0.2, 0) is 15.1 Å². The minimum atomic E-state index is -1.53. The second-order valence-corrected chi connectivity index (χ2v) is 9.02. The highest BCUT2D eigenvalue weighted by Crippen LogP contribution is 2.64. The summed E-state index contributed by atoms with van der Waals surface area (Å²) in [6, 6.07) is 16.3. The van der Waals surface area contributed by atoms with Crippen molar-refractivity contribution in [3.8, 4) is 0 Å². The Morgan fingerprint density at radius 1 is 1.14 bits per heavy atom. The van der Waals surface area contributed by atoms with Gasteiger partial charge in [-0.3, -0.25) is 24.7 Å². The lowest BCUT2D eigenvalue weighted by molar-refractivity contribution is -0.386. The van der Waals surface area contributed by atoms with Crippen molar-refractivity contribution in [2.24, 2.45) is 0 Å². The number of aromatic nitrogens is 1. The van der Waals surface area contributed by atoms with E-state index < -0.39 is 22.4 Å². The molecule has 2 amide bonds. The molecule has 3 unspecified atom stereocenters. The molecule has 1 spiro atoms. The van der Waals surface area contributed by atoms with Crippen molar-refractivity contribution in [2.45, 2.75) is 37.8 Å². The second-order valence-electron chi connectivity index (χ2n) is 9.02. The van der Waals surface area contributed by atoms with E-state index in [1.165, 1.54) is 6.92 Å². The molecule has 4 heterocycles. The first-order chi connectivity index (χ1) is 16.9. The minimum absolute atomic E-state index is 0.00431. The van der Waals surface area contributed by atoms with Crippen LogP contribution in [0.3, 0.4) is 0 Å². The van der Waals surface area contributed by atoms with Crippen LogP contribution >= 0.6 is 0 Å². The standard InChI is InChI=1S/C25H23N5O5/c1-3-27-18-12-8-7-11-17(18)25(24(27)32)20(23-21(30(33)34)15(2)26-35-23)22(16-9-5-4-6-10-16)28-14-13-19(31)29(25)28/h4-12,20,22H,3,13-14H2,1-2H3. The van der Waals surface area contributed by atoms with E-state index in [0.29, 0.717) is 24.3 Å². The highest BCUT2D eigenvalue weighted by molar-refractivity contribution is 6.10. The van der Waals surface area contributed by atoms with Gasteiger partial charge in [0.2, 0.25) is 11.7 Å². The summed E-state index contributed by atoms with van der Waals surface area (Å²) in [5.41, 5.74) is 0.503. The summed E-state index contributed by atoms with van der Waals surface area (Å²) in [6.07, 6.45) is 0.247. The number of nitro groups is 1. The monoisotopic (exact) mass is 473 g/mol. The van der Waals surface area contributed by atoms with E-state index in [9.17, 15) is 19.7 Å². The molecule has 0 saturated carbocycles. The first-order valence-corrected chi connectivity index (χ1v) is 11.6. The van der Waals surface area contributed by atoms with Gasteiger partial charge in [0.05, 0.1) is 16.9 Å². The fourth-order valence-corrected chi connectivity index (χ4v) is 6.19. The summed E-state index contributed by atoms with van der Waals surface area (Å²) in [6.45, 7) is 4.16. The van der Waals surface area contributed by atoms with Gasteiger partial charge in [0.15, 0.2) is 11.2 Å². The van der Waals surface area contributed by atoms with Crippen LogP contribution in [0.5, 0.6) is 0 Å². The largest absolute Gasteiger partial charge is 0.353 e. The molecule has 0 radical (unpaired) electrons. The lowest BCUT2D eigenvalue weighted by atomic mass is 9.72. The van der Waals surface area contributed by atoms with Gasteiger partial charge in [-0.25, -0.2) is 5.01 Å². The van der Waals surface area contributed by atoms with Crippen LogP contribution in [0.4, 0.5) is 11.4 Å². The van der Waals surface area contributed by atoms with E-state index in [-0.39, 0.29) is 35.4 Å². The van der Waals surface area contributed by atoms with E-state index in [1.54, 1.807) is 9.91 Å². The highest BCUT2D eigenvalue weighted by atomic mass is 16.6. The highest BCUT2D eigenvalue weighted by Gasteiger charge is 2.73. The van der Waals surface area contributed by atoms with Gasteiger partial charge in [-0.1, -0.05) is 53.7 Å². The maximum atomic E-state index is 14.4. The maximum absolute atomic E-state index is 14.4. The zero-order valence-corrected chi connectivity index (χ0v) is 19.2. The molecule has 178 valence electrons. The molecule has 35 heavy (non-hydrogen) atoms. The third kappa shape index (κ3) is 2.60. The summed E-state index contributed by atoms with van der Waals surface area (Å²) >= 11 is 0. The van der Waals surface area contributed by atoms with Crippen LogP contribution in [0.2, 0.25) is 0 Å². The normalized spacial score (nSPS) is 25.5. The van der Waals surface area contributed by atoms with Gasteiger partial charge in [0, 0.05) is 30.8 Å². The van der Waals surface area contributed by atoms with Crippen molar-refractivity contribution >= 4 is 23.2 Å². The number of nitrogens with zero attached hydrogens (tertiary/aromatic N) is 5. The minimum Gasteiger partial charge on any atom is -0.353 e. The van der Waals surface area contributed by atoms with E-state index in [2.05, 4.69) is 5.16 Å². The topological polar surface area (TPSA) is 113 Å². The van der Waals surface area contributed by atoms with Crippen molar-refractivity contribution in [3.05, 3.63) is 87.3 Å². The van der Waals surface area contributed by atoms with Gasteiger partial charge < -0.3 is 9.42 Å². The predicted molar refractivity (Wildman–Crippen MR) is 124 cm³/mol. The molecular weight excluding hydrogens is 450 g/mol. The summed E-state index contributed by atoms with van der Waals surface area (Å²) in [5, 5.41) is 19.6. The van der Waals surface area contributed by atoms with Gasteiger partial charge in [-0.2, -0.15) is 0 Å². The lowest BCUT2D eigenvalue weighted by Gasteiger charge is -2.35. The van der Waals surface area contributed by atoms with Crippen molar-refractivity contribution in [3.63, 3.8) is 0 Å². The molecular formula is C25H23N5O5. The number of fused-ring (bicyclic) bond motifs is 4. The second kappa shape index (κ2) is 7.47.